The highest BCUT2D eigenvalue weighted by Gasteiger charge is 2.27. The molecular formula is C23H26N2O4. The molecule has 0 aliphatic carbocycles. The van der Waals surface area contributed by atoms with Gasteiger partial charge >= 0.3 is 0 Å². The van der Waals surface area contributed by atoms with Crippen LogP contribution in [0.25, 0.3) is 0 Å². The van der Waals surface area contributed by atoms with Gasteiger partial charge in [0.15, 0.2) is 11.5 Å². The summed E-state index contributed by atoms with van der Waals surface area (Å²) in [6.45, 7) is 2.76. The van der Waals surface area contributed by atoms with Gasteiger partial charge in [0.1, 0.15) is 0 Å². The summed E-state index contributed by atoms with van der Waals surface area (Å²) in [6, 6.07) is 13.9. The molecule has 2 aromatic rings. The second-order valence-electron chi connectivity index (χ2n) is 7.60. The Hall–Kier alpha value is -3.02. The maximum Gasteiger partial charge on any atom is 0.231 e. The highest BCUT2D eigenvalue weighted by molar-refractivity contribution is 5.95. The predicted molar refractivity (Wildman–Crippen MR) is 110 cm³/mol. The van der Waals surface area contributed by atoms with Gasteiger partial charge in [-0.05, 0) is 55.5 Å². The number of ether oxygens (including phenoxy) is 2. The number of nitrogens with one attached hydrogen (secondary N) is 1. The van der Waals surface area contributed by atoms with Crippen LogP contribution in [0.3, 0.4) is 0 Å². The van der Waals surface area contributed by atoms with Gasteiger partial charge in [-0.25, -0.2) is 0 Å². The third kappa shape index (κ3) is 4.36. The minimum absolute atomic E-state index is 0.0532. The summed E-state index contributed by atoms with van der Waals surface area (Å²) < 4.78 is 10.6. The first kappa shape index (κ1) is 19.3. The lowest BCUT2D eigenvalue weighted by Crippen LogP contribution is -2.42. The third-order valence-electron chi connectivity index (χ3n) is 5.51. The fraction of sp³-hybridized carbons (Fsp3) is 0.391. The van der Waals surface area contributed by atoms with Crippen molar-refractivity contribution in [2.75, 3.05) is 11.7 Å². The molecule has 0 radical (unpaired) electrons. The Morgan fingerprint density at radius 1 is 1.10 bits per heavy atom. The number of nitrogens with zero attached hydrogens (tertiary/aromatic N) is 1. The van der Waals surface area contributed by atoms with E-state index in [4.69, 9.17) is 9.47 Å². The molecule has 2 aromatic carbocycles. The third-order valence-corrected chi connectivity index (χ3v) is 5.51. The summed E-state index contributed by atoms with van der Waals surface area (Å²) >= 11 is 0. The number of hydrogen-bond acceptors (Lipinski definition) is 4. The summed E-state index contributed by atoms with van der Waals surface area (Å²) in [5, 5.41) is 2.91. The van der Waals surface area contributed by atoms with Gasteiger partial charge in [-0.3, -0.25) is 9.59 Å². The average molecular weight is 394 g/mol. The van der Waals surface area contributed by atoms with Crippen molar-refractivity contribution >= 4 is 17.5 Å². The molecule has 6 heteroatoms. The maximum absolute atomic E-state index is 12.8. The van der Waals surface area contributed by atoms with Crippen molar-refractivity contribution in [3.05, 3.63) is 53.6 Å². The molecule has 0 saturated heterocycles. The van der Waals surface area contributed by atoms with Crippen LogP contribution in [-0.2, 0) is 22.6 Å². The molecule has 4 rings (SSSR count). The lowest BCUT2D eigenvalue weighted by molar-refractivity contribution is -0.121. The molecule has 0 saturated carbocycles. The van der Waals surface area contributed by atoms with Crippen LogP contribution in [0.1, 0.15) is 43.7 Å². The monoisotopic (exact) mass is 394 g/mol. The van der Waals surface area contributed by atoms with Gasteiger partial charge in [0.25, 0.3) is 0 Å². The number of rotatable bonds is 6. The molecule has 0 unspecified atom stereocenters. The van der Waals surface area contributed by atoms with Crippen molar-refractivity contribution in [3.63, 3.8) is 0 Å². The van der Waals surface area contributed by atoms with E-state index in [0.717, 1.165) is 29.8 Å². The highest BCUT2D eigenvalue weighted by atomic mass is 16.7. The molecule has 152 valence electrons. The zero-order valence-electron chi connectivity index (χ0n) is 16.6. The Labute approximate surface area is 170 Å². The number of amides is 2. The first-order chi connectivity index (χ1) is 14.1. The molecule has 0 bridgehead atoms. The molecule has 2 amide bonds. The largest absolute Gasteiger partial charge is 0.454 e. The normalized spacial score (nSPS) is 17.0. The van der Waals surface area contributed by atoms with Crippen LogP contribution in [0.2, 0.25) is 0 Å². The van der Waals surface area contributed by atoms with Gasteiger partial charge in [0.2, 0.25) is 18.6 Å². The Morgan fingerprint density at radius 2 is 1.93 bits per heavy atom. The molecular weight excluding hydrogens is 368 g/mol. The molecule has 2 aliphatic rings. The molecule has 29 heavy (non-hydrogen) atoms. The molecule has 1 N–H and O–H groups in total. The molecule has 1 atom stereocenters. The van der Waals surface area contributed by atoms with E-state index in [2.05, 4.69) is 18.3 Å². The summed E-state index contributed by atoms with van der Waals surface area (Å²) in [6.07, 6.45) is 3.22. The van der Waals surface area contributed by atoms with E-state index >= 15 is 0 Å². The smallest absolute Gasteiger partial charge is 0.231 e. The summed E-state index contributed by atoms with van der Waals surface area (Å²) in [4.78, 5) is 26.9. The molecule has 0 aromatic heterocycles. The van der Waals surface area contributed by atoms with Gasteiger partial charge in [0.05, 0.1) is 0 Å². The number of para-hydroxylation sites is 1. The molecule has 6 nitrogen and oxygen atoms in total. The van der Waals surface area contributed by atoms with E-state index in [1.165, 1.54) is 5.56 Å². The lowest BCUT2D eigenvalue weighted by atomic mass is 9.96. The number of carbonyl (C=O) groups excluding carboxylic acids is 2. The standard InChI is InChI=1S/C23H26N2O4/c1-16-9-11-18-5-2-3-6-19(18)25(16)23(27)8-4-7-22(26)24-14-17-10-12-20-21(13-17)29-15-28-20/h2-3,5-6,10,12-13,16H,4,7-9,11,14-15H2,1H3,(H,24,26)/t16-/m1/s1. The first-order valence-corrected chi connectivity index (χ1v) is 10.2. The molecule has 0 fully saturated rings. The highest BCUT2D eigenvalue weighted by Crippen LogP contribution is 2.33. The minimum Gasteiger partial charge on any atom is -0.454 e. The van der Waals surface area contributed by atoms with Crippen molar-refractivity contribution in [2.24, 2.45) is 0 Å². The second-order valence-corrected chi connectivity index (χ2v) is 7.60. The van der Waals surface area contributed by atoms with E-state index in [-0.39, 0.29) is 24.6 Å². The Bertz CT molecular complexity index is 912. The van der Waals surface area contributed by atoms with Crippen molar-refractivity contribution in [1.29, 1.82) is 0 Å². The van der Waals surface area contributed by atoms with E-state index in [1.807, 2.05) is 41.3 Å². The van der Waals surface area contributed by atoms with Crippen LogP contribution in [0.5, 0.6) is 11.5 Å². The van der Waals surface area contributed by atoms with Crippen molar-refractivity contribution < 1.29 is 19.1 Å². The predicted octanol–water partition coefficient (Wildman–Crippen LogP) is 3.57. The van der Waals surface area contributed by atoms with Crippen molar-refractivity contribution in [1.82, 2.24) is 5.32 Å². The number of anilines is 1. The van der Waals surface area contributed by atoms with Crippen LogP contribution in [0.15, 0.2) is 42.5 Å². The molecule has 2 heterocycles. The first-order valence-electron chi connectivity index (χ1n) is 10.2. The number of carbonyl (C=O) groups is 2. The summed E-state index contributed by atoms with van der Waals surface area (Å²) in [5.41, 5.74) is 3.20. The number of aryl methyl sites for hydroxylation is 1. The molecule has 2 aliphatic heterocycles. The van der Waals surface area contributed by atoms with Gasteiger partial charge in [0, 0.05) is 31.1 Å². The number of hydrogen-bond donors (Lipinski definition) is 1. The number of fused-ring (bicyclic) bond motifs is 2. The minimum atomic E-state index is -0.0532. The van der Waals surface area contributed by atoms with Crippen molar-refractivity contribution in [2.45, 2.75) is 51.6 Å². The van der Waals surface area contributed by atoms with Crippen molar-refractivity contribution in [3.8, 4) is 11.5 Å². The van der Waals surface area contributed by atoms with Gasteiger partial charge in [-0.1, -0.05) is 24.3 Å². The average Bonchev–Trinajstić information content (AvgIpc) is 3.20. The van der Waals surface area contributed by atoms with Gasteiger partial charge < -0.3 is 19.7 Å². The van der Waals surface area contributed by atoms with Crippen LogP contribution in [0, 0.1) is 0 Å². The fourth-order valence-corrected chi connectivity index (χ4v) is 3.93. The lowest BCUT2D eigenvalue weighted by Gasteiger charge is -2.35. The fourth-order valence-electron chi connectivity index (χ4n) is 3.93. The zero-order valence-corrected chi connectivity index (χ0v) is 16.6. The van der Waals surface area contributed by atoms with E-state index < -0.39 is 0 Å². The van der Waals surface area contributed by atoms with Crippen LogP contribution >= 0.6 is 0 Å². The van der Waals surface area contributed by atoms with E-state index in [1.54, 1.807) is 0 Å². The second kappa shape index (κ2) is 8.55. The van der Waals surface area contributed by atoms with Gasteiger partial charge in [-0.2, -0.15) is 0 Å². The SMILES string of the molecule is C[C@@H]1CCc2ccccc2N1C(=O)CCCC(=O)NCc1ccc2c(c1)OCO2. The Morgan fingerprint density at radius 3 is 2.83 bits per heavy atom. The van der Waals surface area contributed by atoms with Crippen LogP contribution in [0.4, 0.5) is 5.69 Å². The van der Waals surface area contributed by atoms with Crippen LogP contribution < -0.4 is 19.7 Å². The zero-order chi connectivity index (χ0) is 20.2. The molecule has 0 spiro atoms. The summed E-state index contributed by atoms with van der Waals surface area (Å²) in [7, 11) is 0. The van der Waals surface area contributed by atoms with E-state index in [0.29, 0.717) is 31.6 Å². The Kier molecular flexibility index (Phi) is 5.69. The summed E-state index contributed by atoms with van der Waals surface area (Å²) in [5.74, 6) is 1.47. The topological polar surface area (TPSA) is 67.9 Å². The maximum atomic E-state index is 12.8. The quantitative estimate of drug-likeness (QED) is 0.813. The van der Waals surface area contributed by atoms with Gasteiger partial charge in [-0.15, -0.1) is 0 Å². The Balaban J connectivity index is 1.24. The number of benzene rings is 2. The van der Waals surface area contributed by atoms with E-state index in [9.17, 15) is 9.59 Å². The van der Waals surface area contributed by atoms with Crippen LogP contribution in [-0.4, -0.2) is 24.6 Å².